The van der Waals surface area contributed by atoms with Crippen LogP contribution in [-0.4, -0.2) is 52.9 Å². The number of rotatable bonds is 5. The number of aromatic nitrogens is 3. The summed E-state index contributed by atoms with van der Waals surface area (Å²) in [6.45, 7) is 5.85. The molecule has 2 saturated heterocycles. The van der Waals surface area contributed by atoms with E-state index in [1.54, 1.807) is 12.4 Å². The molecule has 0 N–H and O–H groups in total. The largest absolute Gasteiger partial charge is 0.381 e. The van der Waals surface area contributed by atoms with Crippen LogP contribution in [0.25, 0.3) is 11.3 Å². The molecule has 0 amide bonds. The first-order valence-corrected chi connectivity index (χ1v) is 10.9. The molecule has 0 aromatic carbocycles. The zero-order valence-corrected chi connectivity index (χ0v) is 16.5. The molecule has 0 radical (unpaired) electrons. The predicted octanol–water partition coefficient (Wildman–Crippen LogP) is 3.47. The molecule has 3 atom stereocenters. The molecule has 1 aliphatic carbocycles. The SMILES string of the molecule is c1cc(-c2ccc(CC3C[C@@H]4CN(CC5CCOCC5)C[C@@H]4C3)nn2)ccn1. The third-order valence-electron chi connectivity index (χ3n) is 6.98. The van der Waals surface area contributed by atoms with Gasteiger partial charge in [0.1, 0.15) is 0 Å². The first-order valence-electron chi connectivity index (χ1n) is 10.9. The Balaban J connectivity index is 1.12. The summed E-state index contributed by atoms with van der Waals surface area (Å²) in [6.07, 6.45) is 9.91. The molecule has 3 aliphatic rings. The molecule has 5 nitrogen and oxygen atoms in total. The maximum atomic E-state index is 5.51. The fourth-order valence-electron chi connectivity index (χ4n) is 5.57. The smallest absolute Gasteiger partial charge is 0.0930 e. The number of hydrogen-bond acceptors (Lipinski definition) is 5. The van der Waals surface area contributed by atoms with Crippen LogP contribution in [0.1, 0.15) is 31.4 Å². The summed E-state index contributed by atoms with van der Waals surface area (Å²) in [5.74, 6) is 3.43. The predicted molar refractivity (Wildman–Crippen MR) is 109 cm³/mol. The standard InChI is InChI=1S/C23H30N4O/c1-2-23(19-3-7-24-8-4-19)26-25-22(1)13-18-11-20-15-27(16-21(20)12-18)14-17-5-9-28-10-6-17/h1-4,7-8,17-18,20-21H,5-6,9-16H2/t18?,20-,21+. The van der Waals surface area contributed by atoms with Gasteiger partial charge in [0.15, 0.2) is 0 Å². The molecular weight excluding hydrogens is 348 g/mol. The lowest BCUT2D eigenvalue weighted by atomic mass is 9.98. The highest BCUT2D eigenvalue weighted by molar-refractivity contribution is 5.57. The molecule has 28 heavy (non-hydrogen) atoms. The zero-order valence-electron chi connectivity index (χ0n) is 16.5. The van der Waals surface area contributed by atoms with Gasteiger partial charge in [0.25, 0.3) is 0 Å². The second kappa shape index (κ2) is 8.26. The first-order chi connectivity index (χ1) is 13.8. The molecular formula is C23H30N4O. The summed E-state index contributed by atoms with van der Waals surface area (Å²) in [4.78, 5) is 6.81. The van der Waals surface area contributed by atoms with E-state index in [4.69, 9.17) is 4.74 Å². The van der Waals surface area contributed by atoms with Crippen molar-refractivity contribution >= 4 is 0 Å². The summed E-state index contributed by atoms with van der Waals surface area (Å²) in [6, 6.07) is 8.22. The monoisotopic (exact) mass is 378 g/mol. The van der Waals surface area contributed by atoms with Crippen LogP contribution < -0.4 is 0 Å². The van der Waals surface area contributed by atoms with Crippen LogP contribution in [0.3, 0.4) is 0 Å². The Kier molecular flexibility index (Phi) is 5.37. The van der Waals surface area contributed by atoms with Gasteiger partial charge in [0.2, 0.25) is 0 Å². The maximum Gasteiger partial charge on any atom is 0.0930 e. The van der Waals surface area contributed by atoms with Gasteiger partial charge >= 0.3 is 0 Å². The lowest BCUT2D eigenvalue weighted by molar-refractivity contribution is 0.0544. The minimum Gasteiger partial charge on any atom is -0.381 e. The summed E-state index contributed by atoms with van der Waals surface area (Å²) in [5.41, 5.74) is 3.15. The normalized spacial score (nSPS) is 28.5. The van der Waals surface area contributed by atoms with Crippen LogP contribution in [0.15, 0.2) is 36.7 Å². The minimum atomic E-state index is 0.779. The van der Waals surface area contributed by atoms with Gasteiger partial charge in [-0.15, -0.1) is 0 Å². The summed E-state index contributed by atoms with van der Waals surface area (Å²) >= 11 is 0. The van der Waals surface area contributed by atoms with Crippen molar-refractivity contribution in [1.82, 2.24) is 20.1 Å². The highest BCUT2D eigenvalue weighted by Gasteiger charge is 2.41. The number of ether oxygens (including phenoxy) is 1. The Hall–Kier alpha value is -1.85. The van der Waals surface area contributed by atoms with E-state index in [-0.39, 0.29) is 0 Å². The van der Waals surface area contributed by atoms with E-state index in [0.717, 1.165) is 60.3 Å². The molecule has 2 aliphatic heterocycles. The molecule has 5 rings (SSSR count). The third kappa shape index (κ3) is 4.11. The first kappa shape index (κ1) is 18.2. The quantitative estimate of drug-likeness (QED) is 0.797. The van der Waals surface area contributed by atoms with E-state index >= 15 is 0 Å². The lowest BCUT2D eigenvalue weighted by Gasteiger charge is -2.27. The van der Waals surface area contributed by atoms with Gasteiger partial charge in [-0.2, -0.15) is 10.2 Å². The van der Waals surface area contributed by atoms with Crippen LogP contribution in [0.5, 0.6) is 0 Å². The second-order valence-corrected chi connectivity index (χ2v) is 8.98. The van der Waals surface area contributed by atoms with Crippen molar-refractivity contribution in [2.75, 3.05) is 32.8 Å². The zero-order chi connectivity index (χ0) is 18.8. The molecule has 1 unspecified atom stereocenters. The fourth-order valence-corrected chi connectivity index (χ4v) is 5.57. The van der Waals surface area contributed by atoms with Crippen LogP contribution in [0, 0.1) is 23.7 Å². The topological polar surface area (TPSA) is 51.1 Å². The Bertz CT molecular complexity index is 746. The van der Waals surface area contributed by atoms with Gasteiger partial charge in [0.05, 0.1) is 11.4 Å². The number of nitrogens with zero attached hydrogens (tertiary/aromatic N) is 4. The Morgan fingerprint density at radius 3 is 2.32 bits per heavy atom. The van der Waals surface area contributed by atoms with Gasteiger partial charge in [-0.25, -0.2) is 0 Å². The molecule has 0 spiro atoms. The Morgan fingerprint density at radius 2 is 1.64 bits per heavy atom. The summed E-state index contributed by atoms with van der Waals surface area (Å²) < 4.78 is 5.51. The van der Waals surface area contributed by atoms with Gasteiger partial charge < -0.3 is 9.64 Å². The molecule has 5 heteroatoms. The Morgan fingerprint density at radius 1 is 0.893 bits per heavy atom. The number of hydrogen-bond donors (Lipinski definition) is 0. The average molecular weight is 379 g/mol. The average Bonchev–Trinajstić information content (AvgIpc) is 3.28. The van der Waals surface area contributed by atoms with Crippen molar-refractivity contribution < 1.29 is 4.74 Å². The minimum absolute atomic E-state index is 0.779. The fraction of sp³-hybridized carbons (Fsp3) is 0.609. The van der Waals surface area contributed by atoms with E-state index in [2.05, 4.69) is 32.2 Å². The Labute approximate surface area is 167 Å². The molecule has 1 saturated carbocycles. The van der Waals surface area contributed by atoms with E-state index in [1.807, 2.05) is 12.1 Å². The molecule has 0 bridgehead atoms. The van der Waals surface area contributed by atoms with Crippen molar-refractivity contribution in [2.45, 2.75) is 32.1 Å². The van der Waals surface area contributed by atoms with Crippen LogP contribution in [0.2, 0.25) is 0 Å². The van der Waals surface area contributed by atoms with Crippen molar-refractivity contribution in [3.63, 3.8) is 0 Å². The van der Waals surface area contributed by atoms with Crippen molar-refractivity contribution in [2.24, 2.45) is 23.7 Å². The second-order valence-electron chi connectivity index (χ2n) is 8.98. The van der Waals surface area contributed by atoms with E-state index in [0.29, 0.717) is 0 Å². The number of pyridine rings is 1. The van der Waals surface area contributed by atoms with Gasteiger partial charge in [0, 0.05) is 50.8 Å². The van der Waals surface area contributed by atoms with Gasteiger partial charge in [-0.3, -0.25) is 4.98 Å². The third-order valence-corrected chi connectivity index (χ3v) is 6.98. The molecule has 3 fully saturated rings. The number of fused-ring (bicyclic) bond motifs is 1. The van der Waals surface area contributed by atoms with Crippen molar-refractivity contribution in [3.8, 4) is 11.3 Å². The van der Waals surface area contributed by atoms with Crippen LogP contribution >= 0.6 is 0 Å². The lowest BCUT2D eigenvalue weighted by Crippen LogP contribution is -2.31. The van der Waals surface area contributed by atoms with Crippen LogP contribution in [0.4, 0.5) is 0 Å². The molecule has 2 aromatic rings. The van der Waals surface area contributed by atoms with Crippen LogP contribution in [-0.2, 0) is 11.2 Å². The van der Waals surface area contributed by atoms with E-state index in [9.17, 15) is 0 Å². The maximum absolute atomic E-state index is 5.51. The molecule has 2 aromatic heterocycles. The summed E-state index contributed by atoms with van der Waals surface area (Å²) in [7, 11) is 0. The molecule has 4 heterocycles. The summed E-state index contributed by atoms with van der Waals surface area (Å²) in [5, 5.41) is 8.96. The highest BCUT2D eigenvalue weighted by Crippen LogP contribution is 2.43. The van der Waals surface area contributed by atoms with E-state index < -0.39 is 0 Å². The van der Waals surface area contributed by atoms with Crippen molar-refractivity contribution in [1.29, 1.82) is 0 Å². The number of likely N-dealkylation sites (tertiary alicyclic amines) is 1. The van der Waals surface area contributed by atoms with E-state index in [1.165, 1.54) is 45.3 Å². The highest BCUT2D eigenvalue weighted by atomic mass is 16.5. The van der Waals surface area contributed by atoms with Gasteiger partial charge in [-0.1, -0.05) is 0 Å². The van der Waals surface area contributed by atoms with Gasteiger partial charge in [-0.05, 0) is 80.0 Å². The molecule has 148 valence electrons. The van der Waals surface area contributed by atoms with Crippen molar-refractivity contribution in [3.05, 3.63) is 42.4 Å².